The molecule has 19 heavy (non-hydrogen) atoms. The van der Waals surface area contributed by atoms with E-state index in [-0.39, 0.29) is 11.8 Å². The Morgan fingerprint density at radius 2 is 2.11 bits per heavy atom. The number of hydrogen-bond acceptors (Lipinski definition) is 3. The van der Waals surface area contributed by atoms with Gasteiger partial charge in [0.25, 0.3) is 0 Å². The van der Waals surface area contributed by atoms with Crippen LogP contribution < -0.4 is 9.47 Å². The van der Waals surface area contributed by atoms with Gasteiger partial charge in [0.15, 0.2) is 11.5 Å². The summed E-state index contributed by atoms with van der Waals surface area (Å²) in [4.78, 5) is 11.1. The molecule has 4 nitrogen and oxygen atoms in total. The highest BCUT2D eigenvalue weighted by Crippen LogP contribution is 2.58. The molecule has 3 rings (SSSR count). The van der Waals surface area contributed by atoms with Gasteiger partial charge in [-0.25, -0.2) is 0 Å². The first-order valence-corrected chi connectivity index (χ1v) is 7.14. The molecule has 1 aliphatic carbocycles. The van der Waals surface area contributed by atoms with Crippen LogP contribution in [0, 0.1) is 6.92 Å². The first-order valence-electron chi connectivity index (χ1n) is 6.34. The molecule has 1 N–H and O–H groups in total. The number of hydrogen-bond donors (Lipinski definition) is 1. The Labute approximate surface area is 119 Å². The SMILES string of the molecule is Cc1c(Br)cc2c(c1C1(CC(=O)O)CC1)OCCO2. The normalized spacial score (nSPS) is 19.1. The second kappa shape index (κ2) is 4.40. The molecule has 0 unspecified atom stereocenters. The second-order valence-corrected chi connectivity index (χ2v) is 6.09. The van der Waals surface area contributed by atoms with Gasteiger partial charge in [-0.1, -0.05) is 15.9 Å². The Balaban J connectivity index is 2.14. The molecule has 5 heteroatoms. The van der Waals surface area contributed by atoms with Gasteiger partial charge in [-0.2, -0.15) is 0 Å². The van der Waals surface area contributed by atoms with E-state index in [1.54, 1.807) is 0 Å². The molecule has 1 aromatic rings. The molecule has 0 aromatic heterocycles. The van der Waals surface area contributed by atoms with E-state index in [9.17, 15) is 4.79 Å². The summed E-state index contributed by atoms with van der Waals surface area (Å²) in [6, 6.07) is 1.91. The predicted molar refractivity (Wildman–Crippen MR) is 73.0 cm³/mol. The number of ether oxygens (including phenoxy) is 2. The minimum Gasteiger partial charge on any atom is -0.486 e. The van der Waals surface area contributed by atoms with Crippen LogP contribution in [0.3, 0.4) is 0 Å². The van der Waals surface area contributed by atoms with Gasteiger partial charge < -0.3 is 14.6 Å². The van der Waals surface area contributed by atoms with Gasteiger partial charge in [0.2, 0.25) is 0 Å². The highest BCUT2D eigenvalue weighted by Gasteiger charge is 2.49. The van der Waals surface area contributed by atoms with E-state index in [0.717, 1.165) is 39.9 Å². The van der Waals surface area contributed by atoms with Crippen LogP contribution in [-0.4, -0.2) is 24.3 Å². The summed E-state index contributed by atoms with van der Waals surface area (Å²) in [6.07, 6.45) is 1.94. The standard InChI is InChI=1S/C14H15BrO4/c1-8-9(15)6-10-13(19-5-4-18-10)12(8)14(2-3-14)7-11(16)17/h6H,2-5,7H2,1H3,(H,16,17). The van der Waals surface area contributed by atoms with Crippen LogP contribution in [0.1, 0.15) is 30.4 Å². The third-order valence-electron chi connectivity index (χ3n) is 3.90. The molecule has 0 radical (unpaired) electrons. The van der Waals surface area contributed by atoms with E-state index in [1.165, 1.54) is 0 Å². The second-order valence-electron chi connectivity index (χ2n) is 5.23. The van der Waals surface area contributed by atoms with Crippen molar-refractivity contribution in [3.63, 3.8) is 0 Å². The number of halogens is 1. The van der Waals surface area contributed by atoms with Crippen molar-refractivity contribution in [3.05, 3.63) is 21.7 Å². The quantitative estimate of drug-likeness (QED) is 0.927. The van der Waals surface area contributed by atoms with Crippen LogP contribution in [0.15, 0.2) is 10.5 Å². The Morgan fingerprint density at radius 1 is 1.42 bits per heavy atom. The highest BCUT2D eigenvalue weighted by molar-refractivity contribution is 9.10. The lowest BCUT2D eigenvalue weighted by Crippen LogP contribution is -2.22. The van der Waals surface area contributed by atoms with Gasteiger partial charge in [-0.05, 0) is 31.4 Å². The number of carboxylic acids is 1. The minimum atomic E-state index is -0.762. The van der Waals surface area contributed by atoms with Gasteiger partial charge >= 0.3 is 5.97 Å². The largest absolute Gasteiger partial charge is 0.486 e. The number of carbonyl (C=O) groups is 1. The van der Waals surface area contributed by atoms with Crippen molar-refractivity contribution in [2.75, 3.05) is 13.2 Å². The first kappa shape index (κ1) is 12.8. The fraction of sp³-hybridized carbons (Fsp3) is 0.500. The fourth-order valence-corrected chi connectivity index (χ4v) is 3.25. The lowest BCUT2D eigenvalue weighted by Gasteiger charge is -2.27. The Bertz CT molecular complexity index is 549. The molecule has 1 saturated carbocycles. The number of fused-ring (bicyclic) bond motifs is 1. The predicted octanol–water partition coefficient (Wildman–Crippen LogP) is 3.04. The molecule has 1 fully saturated rings. The van der Waals surface area contributed by atoms with E-state index in [0.29, 0.717) is 13.2 Å². The van der Waals surface area contributed by atoms with Crippen molar-refractivity contribution in [1.29, 1.82) is 0 Å². The van der Waals surface area contributed by atoms with Gasteiger partial charge in [-0.15, -0.1) is 0 Å². The van der Waals surface area contributed by atoms with Gasteiger partial charge in [0.1, 0.15) is 13.2 Å². The molecule has 1 aromatic carbocycles. The molecule has 1 heterocycles. The number of carboxylic acid groups (broad SMARTS) is 1. The summed E-state index contributed by atoms with van der Waals surface area (Å²) in [5, 5.41) is 9.13. The van der Waals surface area contributed by atoms with Crippen molar-refractivity contribution in [3.8, 4) is 11.5 Å². The maximum atomic E-state index is 11.1. The highest BCUT2D eigenvalue weighted by atomic mass is 79.9. The average Bonchev–Trinajstić information content (AvgIpc) is 3.10. The van der Waals surface area contributed by atoms with E-state index in [1.807, 2.05) is 13.0 Å². The number of aliphatic carboxylic acids is 1. The third-order valence-corrected chi connectivity index (χ3v) is 4.73. The third kappa shape index (κ3) is 2.10. The summed E-state index contributed by atoms with van der Waals surface area (Å²) in [5.41, 5.74) is 1.80. The molecule has 0 saturated heterocycles. The van der Waals surface area contributed by atoms with Crippen molar-refractivity contribution in [2.45, 2.75) is 31.6 Å². The number of rotatable bonds is 3. The van der Waals surface area contributed by atoms with Gasteiger partial charge in [0, 0.05) is 15.5 Å². The fourth-order valence-electron chi connectivity index (χ4n) is 2.84. The monoisotopic (exact) mass is 326 g/mol. The molecule has 0 amide bonds. The van der Waals surface area contributed by atoms with Crippen LogP contribution in [0.5, 0.6) is 11.5 Å². The molecule has 0 bridgehead atoms. The van der Waals surface area contributed by atoms with Crippen LogP contribution in [0.25, 0.3) is 0 Å². The summed E-state index contributed by atoms with van der Waals surface area (Å²) >= 11 is 3.53. The topological polar surface area (TPSA) is 55.8 Å². The van der Waals surface area contributed by atoms with Crippen molar-refractivity contribution in [1.82, 2.24) is 0 Å². The average molecular weight is 327 g/mol. The molecular weight excluding hydrogens is 312 g/mol. The lowest BCUT2D eigenvalue weighted by atomic mass is 9.87. The van der Waals surface area contributed by atoms with Crippen molar-refractivity contribution >= 4 is 21.9 Å². The summed E-state index contributed by atoms with van der Waals surface area (Å²) < 4.78 is 12.3. The summed E-state index contributed by atoms with van der Waals surface area (Å²) in [5.74, 6) is 0.698. The van der Waals surface area contributed by atoms with Crippen LogP contribution in [0.4, 0.5) is 0 Å². The van der Waals surface area contributed by atoms with Crippen molar-refractivity contribution < 1.29 is 19.4 Å². The first-order chi connectivity index (χ1) is 9.03. The molecule has 102 valence electrons. The Hall–Kier alpha value is -1.23. The van der Waals surface area contributed by atoms with E-state index in [2.05, 4.69) is 15.9 Å². The Morgan fingerprint density at radius 3 is 2.74 bits per heavy atom. The summed E-state index contributed by atoms with van der Waals surface area (Å²) in [7, 11) is 0. The van der Waals surface area contributed by atoms with Crippen LogP contribution >= 0.6 is 15.9 Å². The smallest absolute Gasteiger partial charge is 0.304 e. The van der Waals surface area contributed by atoms with Gasteiger partial charge in [-0.3, -0.25) is 4.79 Å². The maximum Gasteiger partial charge on any atom is 0.304 e. The minimum absolute atomic E-state index is 0.153. The number of benzene rings is 1. The van der Waals surface area contributed by atoms with Gasteiger partial charge in [0.05, 0.1) is 6.42 Å². The maximum absolute atomic E-state index is 11.1. The molecule has 0 spiro atoms. The Kier molecular flexibility index (Phi) is 2.96. The molecule has 2 aliphatic rings. The van der Waals surface area contributed by atoms with Crippen LogP contribution in [0.2, 0.25) is 0 Å². The molecule has 1 aliphatic heterocycles. The van der Waals surface area contributed by atoms with Crippen LogP contribution in [-0.2, 0) is 10.2 Å². The van der Waals surface area contributed by atoms with Crippen molar-refractivity contribution in [2.24, 2.45) is 0 Å². The summed E-state index contributed by atoms with van der Waals surface area (Å²) in [6.45, 7) is 3.05. The molecular formula is C14H15BrO4. The molecule has 0 atom stereocenters. The van der Waals surface area contributed by atoms with E-state index < -0.39 is 5.97 Å². The zero-order valence-electron chi connectivity index (χ0n) is 10.7. The van der Waals surface area contributed by atoms with E-state index >= 15 is 0 Å². The van der Waals surface area contributed by atoms with E-state index in [4.69, 9.17) is 14.6 Å². The lowest BCUT2D eigenvalue weighted by molar-refractivity contribution is -0.137. The zero-order chi connectivity index (χ0) is 13.6. The zero-order valence-corrected chi connectivity index (χ0v) is 12.2.